The average molecular weight is 546 g/mol. The number of amides is 2. The molecule has 7 nitrogen and oxygen atoms in total. The number of sulfonamides is 1. The molecule has 2 rings (SSSR count). The third-order valence-electron chi connectivity index (χ3n) is 5.62. The first kappa shape index (κ1) is 30.1. The Labute approximate surface area is 214 Å². The van der Waals surface area contributed by atoms with Gasteiger partial charge in [0.25, 0.3) is 0 Å². The van der Waals surface area contributed by atoms with Crippen LogP contribution in [0.15, 0.2) is 48.5 Å². The van der Waals surface area contributed by atoms with Crippen LogP contribution in [0.25, 0.3) is 0 Å². The van der Waals surface area contributed by atoms with Gasteiger partial charge in [-0.05, 0) is 48.7 Å². The van der Waals surface area contributed by atoms with Gasteiger partial charge >= 0.3 is 6.18 Å². The first-order valence-corrected chi connectivity index (χ1v) is 13.6. The van der Waals surface area contributed by atoms with Crippen molar-refractivity contribution in [3.63, 3.8) is 0 Å². The topological polar surface area (TPSA) is 86.8 Å². The maximum atomic E-state index is 13.5. The third-order valence-corrected chi connectivity index (χ3v) is 6.76. The van der Waals surface area contributed by atoms with Crippen LogP contribution in [0.1, 0.15) is 44.2 Å². The largest absolute Gasteiger partial charge is 0.416 e. The van der Waals surface area contributed by atoms with Crippen LogP contribution in [0.2, 0.25) is 0 Å². The van der Waals surface area contributed by atoms with E-state index < -0.39 is 52.0 Å². The lowest BCUT2D eigenvalue weighted by Gasteiger charge is -2.33. The highest BCUT2D eigenvalue weighted by molar-refractivity contribution is 7.92. The number of alkyl halides is 3. The molecule has 1 atom stereocenters. The number of hydrogen-bond acceptors (Lipinski definition) is 4. The minimum Gasteiger partial charge on any atom is -0.354 e. The number of nitrogens with one attached hydrogen (secondary N) is 1. The molecule has 12 heteroatoms. The number of carbonyl (C=O) groups is 2. The summed E-state index contributed by atoms with van der Waals surface area (Å²) in [4.78, 5) is 27.6. The van der Waals surface area contributed by atoms with E-state index in [-0.39, 0.29) is 18.7 Å². The van der Waals surface area contributed by atoms with E-state index in [0.29, 0.717) is 28.9 Å². The summed E-state index contributed by atoms with van der Waals surface area (Å²) in [5.41, 5.74) is -0.927. The summed E-state index contributed by atoms with van der Waals surface area (Å²) in [6.07, 6.45) is -2.21. The second kappa shape index (κ2) is 12.9. The molecule has 0 fully saturated rings. The molecule has 204 valence electrons. The maximum Gasteiger partial charge on any atom is 0.416 e. The number of rotatable bonds is 12. The van der Waals surface area contributed by atoms with Gasteiger partial charge in [0.15, 0.2) is 0 Å². The first-order chi connectivity index (χ1) is 17.3. The first-order valence-electron chi connectivity index (χ1n) is 11.7. The Morgan fingerprint density at radius 2 is 1.70 bits per heavy atom. The normalized spacial score (nSPS) is 12.6. The van der Waals surface area contributed by atoms with E-state index in [1.165, 1.54) is 29.2 Å². The highest BCUT2D eigenvalue weighted by atomic mass is 32.2. The Bertz CT molecular complexity index is 1170. The molecule has 0 saturated carbocycles. The number of halogens is 4. The molecule has 0 saturated heterocycles. The lowest BCUT2D eigenvalue weighted by atomic mass is 10.1. The fourth-order valence-electron chi connectivity index (χ4n) is 3.66. The lowest BCUT2D eigenvalue weighted by molar-refractivity contribution is -0.140. The molecule has 0 aliphatic heterocycles. The van der Waals surface area contributed by atoms with Crippen molar-refractivity contribution in [1.29, 1.82) is 0 Å². The minimum absolute atomic E-state index is 0.140. The number of hydrogen-bond donors (Lipinski definition) is 1. The van der Waals surface area contributed by atoms with Crippen LogP contribution in [0.3, 0.4) is 0 Å². The Hall–Kier alpha value is -3.15. The highest BCUT2D eigenvalue weighted by Crippen LogP contribution is 2.32. The molecule has 37 heavy (non-hydrogen) atoms. The summed E-state index contributed by atoms with van der Waals surface area (Å²) in [7, 11) is -4.19. The monoisotopic (exact) mass is 545 g/mol. The molecule has 0 heterocycles. The fraction of sp³-hybridized carbons (Fsp3) is 0.440. The van der Waals surface area contributed by atoms with Gasteiger partial charge < -0.3 is 10.2 Å². The second-order valence-corrected chi connectivity index (χ2v) is 10.4. The van der Waals surface area contributed by atoms with Crippen LogP contribution >= 0.6 is 0 Å². The van der Waals surface area contributed by atoms with Crippen molar-refractivity contribution < 1.29 is 35.6 Å². The minimum atomic E-state index is -4.72. The molecule has 1 N–H and O–H groups in total. The van der Waals surface area contributed by atoms with Gasteiger partial charge in [-0.2, -0.15) is 13.2 Å². The smallest absolute Gasteiger partial charge is 0.354 e. The van der Waals surface area contributed by atoms with Gasteiger partial charge in [0.1, 0.15) is 18.4 Å². The van der Waals surface area contributed by atoms with Crippen LogP contribution in [0.5, 0.6) is 0 Å². The molecule has 0 spiro atoms. The summed E-state index contributed by atoms with van der Waals surface area (Å²) in [5, 5.41) is 2.75. The molecule has 2 amide bonds. The number of carbonyl (C=O) groups excluding carboxylic acids is 2. The SMILES string of the molecule is CCCCNC(=O)[C@@H](CC)N(Cc1ccc(F)cc1)C(=O)CN(c1cccc(C(F)(F)F)c1)S(C)(=O)=O. The van der Waals surface area contributed by atoms with E-state index in [0.717, 1.165) is 30.9 Å². The molecule has 0 radical (unpaired) electrons. The summed E-state index contributed by atoms with van der Waals surface area (Å²) in [5.74, 6) is -1.75. The van der Waals surface area contributed by atoms with E-state index in [9.17, 15) is 35.6 Å². The zero-order chi connectivity index (χ0) is 27.8. The van der Waals surface area contributed by atoms with Crippen molar-refractivity contribution in [2.75, 3.05) is 23.7 Å². The molecular formula is C25H31F4N3O4S. The predicted octanol–water partition coefficient (Wildman–Crippen LogP) is 4.33. The van der Waals surface area contributed by atoms with E-state index in [1.54, 1.807) is 6.92 Å². The number of anilines is 1. The van der Waals surface area contributed by atoms with Gasteiger partial charge in [0, 0.05) is 13.1 Å². The number of nitrogens with zero attached hydrogens (tertiary/aromatic N) is 2. The van der Waals surface area contributed by atoms with E-state index >= 15 is 0 Å². The van der Waals surface area contributed by atoms with Gasteiger partial charge in [0.2, 0.25) is 21.8 Å². The number of benzene rings is 2. The molecule has 0 aliphatic carbocycles. The van der Waals surface area contributed by atoms with Gasteiger partial charge in [0.05, 0.1) is 17.5 Å². The summed E-state index contributed by atoms with van der Waals surface area (Å²) < 4.78 is 78.8. The van der Waals surface area contributed by atoms with Gasteiger partial charge in [-0.25, -0.2) is 12.8 Å². The lowest BCUT2D eigenvalue weighted by Crippen LogP contribution is -2.52. The van der Waals surface area contributed by atoms with E-state index in [4.69, 9.17) is 0 Å². The molecule has 0 unspecified atom stereocenters. The summed E-state index contributed by atoms with van der Waals surface area (Å²) in [6, 6.07) is 7.88. The van der Waals surface area contributed by atoms with E-state index in [1.807, 2.05) is 6.92 Å². The standard InChI is InChI=1S/C25H31F4N3O4S/c1-4-6-14-30-24(34)22(5-2)31(16-18-10-12-20(26)13-11-18)23(33)17-32(37(3,35)36)21-9-7-8-19(15-21)25(27,28)29/h7-13,15,22H,4-6,14,16-17H2,1-3H3,(H,30,34)/t22-/m1/s1. The Morgan fingerprint density at radius 1 is 1.05 bits per heavy atom. The van der Waals surface area contributed by atoms with Crippen molar-refractivity contribution in [1.82, 2.24) is 10.2 Å². The molecule has 0 bridgehead atoms. The quantitative estimate of drug-likeness (QED) is 0.318. The van der Waals surface area contributed by atoms with Gasteiger partial charge in [-0.15, -0.1) is 0 Å². The average Bonchev–Trinajstić information content (AvgIpc) is 2.82. The molecular weight excluding hydrogens is 514 g/mol. The van der Waals surface area contributed by atoms with E-state index in [2.05, 4.69) is 5.32 Å². The zero-order valence-electron chi connectivity index (χ0n) is 20.9. The maximum absolute atomic E-state index is 13.5. The second-order valence-electron chi connectivity index (χ2n) is 8.53. The van der Waals surface area contributed by atoms with Crippen LogP contribution in [0, 0.1) is 5.82 Å². The van der Waals surface area contributed by atoms with Crippen molar-refractivity contribution in [2.45, 2.75) is 51.9 Å². The fourth-order valence-corrected chi connectivity index (χ4v) is 4.50. The van der Waals surface area contributed by atoms with Gasteiger partial charge in [-0.1, -0.05) is 38.5 Å². The summed E-state index contributed by atoms with van der Waals surface area (Å²) >= 11 is 0. The van der Waals surface area contributed by atoms with Crippen LogP contribution in [0.4, 0.5) is 23.2 Å². The Balaban J connectivity index is 2.45. The Kier molecular flexibility index (Phi) is 10.5. The summed E-state index contributed by atoms with van der Waals surface area (Å²) in [6.45, 7) is 3.03. The van der Waals surface area contributed by atoms with Crippen molar-refractivity contribution in [2.24, 2.45) is 0 Å². The van der Waals surface area contributed by atoms with Gasteiger partial charge in [-0.3, -0.25) is 13.9 Å². The predicted molar refractivity (Wildman–Crippen MR) is 133 cm³/mol. The van der Waals surface area contributed by atoms with Crippen LogP contribution in [-0.2, 0) is 32.3 Å². The highest BCUT2D eigenvalue weighted by Gasteiger charge is 2.34. The van der Waals surface area contributed by atoms with Crippen LogP contribution in [-0.4, -0.2) is 50.5 Å². The van der Waals surface area contributed by atoms with Crippen molar-refractivity contribution >= 4 is 27.5 Å². The molecule has 0 aliphatic rings. The van der Waals surface area contributed by atoms with Crippen LogP contribution < -0.4 is 9.62 Å². The molecule has 2 aromatic carbocycles. The van der Waals surface area contributed by atoms with Crippen molar-refractivity contribution in [3.05, 3.63) is 65.5 Å². The zero-order valence-corrected chi connectivity index (χ0v) is 21.7. The molecule has 0 aromatic heterocycles. The third kappa shape index (κ3) is 8.73. The Morgan fingerprint density at radius 3 is 2.24 bits per heavy atom. The molecule has 2 aromatic rings. The van der Waals surface area contributed by atoms with Crippen molar-refractivity contribution in [3.8, 4) is 0 Å². The number of unbranched alkanes of at least 4 members (excludes halogenated alkanes) is 1.